The van der Waals surface area contributed by atoms with Crippen LogP contribution in [0.25, 0.3) is 0 Å². The zero-order valence-corrected chi connectivity index (χ0v) is 13.5. The lowest BCUT2D eigenvalue weighted by Gasteiger charge is -2.25. The second kappa shape index (κ2) is 6.24. The van der Waals surface area contributed by atoms with E-state index in [1.54, 1.807) is 12.1 Å². The minimum absolute atomic E-state index is 0.0316. The monoisotopic (exact) mass is 332 g/mol. The molecule has 0 radical (unpaired) electrons. The summed E-state index contributed by atoms with van der Waals surface area (Å²) in [5, 5.41) is 9.46. The fourth-order valence-electron chi connectivity index (χ4n) is 3.42. The highest BCUT2D eigenvalue weighted by atomic mass is 16.5. The molecule has 7 heteroatoms. The Morgan fingerprint density at radius 2 is 2.08 bits per heavy atom. The number of carbonyl (C=O) groups excluding carboxylic acids is 2. The molecule has 2 aliphatic rings. The van der Waals surface area contributed by atoms with Crippen LogP contribution < -0.4 is 0 Å². The Kier molecular flexibility index (Phi) is 4.28. The SMILES string of the molecule is COCC1(C(=O)O)CCN(C(=O)CN2Cc3ccccc3C2=O)C1. The number of fused-ring (bicyclic) bond motifs is 1. The van der Waals surface area contributed by atoms with E-state index < -0.39 is 11.4 Å². The first kappa shape index (κ1) is 16.4. The molecule has 0 saturated carbocycles. The Morgan fingerprint density at radius 1 is 1.33 bits per heavy atom. The van der Waals surface area contributed by atoms with Crippen LogP contribution in [0, 0.1) is 5.41 Å². The van der Waals surface area contributed by atoms with Crippen molar-refractivity contribution in [2.24, 2.45) is 5.41 Å². The number of hydrogen-bond donors (Lipinski definition) is 1. The van der Waals surface area contributed by atoms with Crippen molar-refractivity contribution in [1.82, 2.24) is 9.80 Å². The minimum atomic E-state index is -1.05. The molecule has 0 aliphatic carbocycles. The molecule has 0 spiro atoms. The number of benzene rings is 1. The Hall–Kier alpha value is -2.41. The summed E-state index contributed by atoms with van der Waals surface area (Å²) in [6, 6.07) is 7.30. The van der Waals surface area contributed by atoms with Gasteiger partial charge in [0.2, 0.25) is 5.91 Å². The molecule has 2 amide bonds. The standard InChI is InChI=1S/C17H20N2O5/c1-24-11-17(16(22)23)6-7-18(10-17)14(20)9-19-8-12-4-2-3-5-13(12)15(19)21/h2-5H,6-11H2,1H3,(H,22,23). The number of methoxy groups -OCH3 is 1. The molecule has 3 rings (SSSR count). The first-order valence-electron chi connectivity index (χ1n) is 7.84. The number of amides is 2. The number of ether oxygens (including phenoxy) is 1. The van der Waals surface area contributed by atoms with Crippen LogP contribution in [0.3, 0.4) is 0 Å². The number of rotatable bonds is 5. The van der Waals surface area contributed by atoms with Crippen molar-refractivity contribution in [2.75, 3.05) is 33.4 Å². The van der Waals surface area contributed by atoms with E-state index in [-0.39, 0.29) is 31.5 Å². The zero-order chi connectivity index (χ0) is 17.3. The predicted molar refractivity (Wildman–Crippen MR) is 84.3 cm³/mol. The summed E-state index contributed by atoms with van der Waals surface area (Å²) in [5.41, 5.74) is 0.490. The van der Waals surface area contributed by atoms with E-state index in [0.29, 0.717) is 25.1 Å². The number of carboxylic acid groups (broad SMARTS) is 1. The van der Waals surface area contributed by atoms with E-state index in [0.717, 1.165) is 5.56 Å². The second-order valence-electron chi connectivity index (χ2n) is 6.40. The van der Waals surface area contributed by atoms with Crippen molar-refractivity contribution in [3.05, 3.63) is 35.4 Å². The van der Waals surface area contributed by atoms with Gasteiger partial charge in [0, 0.05) is 32.3 Å². The summed E-state index contributed by atoms with van der Waals surface area (Å²) in [6.45, 7) is 0.931. The lowest BCUT2D eigenvalue weighted by molar-refractivity contribution is -0.151. The van der Waals surface area contributed by atoms with Crippen LogP contribution in [0.1, 0.15) is 22.3 Å². The Morgan fingerprint density at radius 3 is 2.75 bits per heavy atom. The smallest absolute Gasteiger partial charge is 0.313 e. The van der Waals surface area contributed by atoms with Gasteiger partial charge < -0.3 is 19.6 Å². The van der Waals surface area contributed by atoms with Crippen LogP contribution in [0.5, 0.6) is 0 Å². The highest BCUT2D eigenvalue weighted by molar-refractivity contribution is 6.00. The van der Waals surface area contributed by atoms with Gasteiger partial charge in [0.05, 0.1) is 6.61 Å². The maximum Gasteiger partial charge on any atom is 0.313 e. The van der Waals surface area contributed by atoms with Crippen molar-refractivity contribution in [1.29, 1.82) is 0 Å². The maximum absolute atomic E-state index is 12.5. The third kappa shape index (κ3) is 2.75. The van der Waals surface area contributed by atoms with Gasteiger partial charge in [0.15, 0.2) is 0 Å². The largest absolute Gasteiger partial charge is 0.481 e. The number of nitrogens with zero attached hydrogens (tertiary/aromatic N) is 2. The van der Waals surface area contributed by atoms with Crippen molar-refractivity contribution in [3.8, 4) is 0 Å². The van der Waals surface area contributed by atoms with Crippen molar-refractivity contribution in [2.45, 2.75) is 13.0 Å². The van der Waals surface area contributed by atoms with Gasteiger partial charge >= 0.3 is 5.97 Å². The van der Waals surface area contributed by atoms with Crippen LogP contribution in [0.4, 0.5) is 0 Å². The molecule has 1 N–H and O–H groups in total. The van der Waals surface area contributed by atoms with Crippen LogP contribution in [-0.2, 0) is 20.9 Å². The summed E-state index contributed by atoms with van der Waals surface area (Å²) in [4.78, 5) is 39.4. The third-order valence-electron chi connectivity index (χ3n) is 4.80. The van der Waals surface area contributed by atoms with E-state index in [1.807, 2.05) is 12.1 Å². The number of likely N-dealkylation sites (tertiary alicyclic amines) is 1. The summed E-state index contributed by atoms with van der Waals surface area (Å²) in [6.07, 6.45) is 0.357. The van der Waals surface area contributed by atoms with Crippen LogP contribution in [0.15, 0.2) is 24.3 Å². The van der Waals surface area contributed by atoms with Crippen molar-refractivity contribution >= 4 is 17.8 Å². The molecule has 1 unspecified atom stereocenters. The highest BCUT2D eigenvalue weighted by Crippen LogP contribution is 2.31. The van der Waals surface area contributed by atoms with Crippen molar-refractivity contribution < 1.29 is 24.2 Å². The second-order valence-corrected chi connectivity index (χ2v) is 6.40. The molecule has 7 nitrogen and oxygen atoms in total. The quantitative estimate of drug-likeness (QED) is 0.853. The number of carbonyl (C=O) groups is 3. The molecule has 24 heavy (non-hydrogen) atoms. The molecule has 1 aromatic rings. The third-order valence-corrected chi connectivity index (χ3v) is 4.80. The van der Waals surface area contributed by atoms with E-state index in [9.17, 15) is 19.5 Å². The first-order valence-corrected chi connectivity index (χ1v) is 7.84. The molecule has 2 aliphatic heterocycles. The van der Waals surface area contributed by atoms with E-state index >= 15 is 0 Å². The van der Waals surface area contributed by atoms with Crippen LogP contribution in [0.2, 0.25) is 0 Å². The Labute approximate surface area is 139 Å². The van der Waals surface area contributed by atoms with Gasteiger partial charge in [-0.1, -0.05) is 18.2 Å². The molecule has 0 aromatic heterocycles. The molecule has 1 aromatic carbocycles. The number of carboxylic acids is 1. The lowest BCUT2D eigenvalue weighted by atomic mass is 9.88. The molecule has 2 heterocycles. The van der Waals surface area contributed by atoms with Gasteiger partial charge in [-0.3, -0.25) is 14.4 Å². The zero-order valence-electron chi connectivity index (χ0n) is 13.5. The highest BCUT2D eigenvalue weighted by Gasteiger charge is 2.46. The molecular formula is C17H20N2O5. The summed E-state index contributed by atoms with van der Waals surface area (Å²) >= 11 is 0. The molecule has 1 atom stereocenters. The van der Waals surface area contributed by atoms with E-state index in [1.165, 1.54) is 16.9 Å². The van der Waals surface area contributed by atoms with E-state index in [4.69, 9.17) is 4.74 Å². The van der Waals surface area contributed by atoms with Crippen LogP contribution >= 0.6 is 0 Å². The fraction of sp³-hybridized carbons (Fsp3) is 0.471. The molecule has 1 saturated heterocycles. The van der Waals surface area contributed by atoms with Gasteiger partial charge in [0.25, 0.3) is 5.91 Å². The number of hydrogen-bond acceptors (Lipinski definition) is 4. The normalized spacial score (nSPS) is 22.8. The van der Waals surface area contributed by atoms with Gasteiger partial charge in [0.1, 0.15) is 12.0 Å². The summed E-state index contributed by atoms with van der Waals surface area (Å²) < 4.78 is 5.03. The molecular weight excluding hydrogens is 312 g/mol. The molecule has 1 fully saturated rings. The van der Waals surface area contributed by atoms with Crippen molar-refractivity contribution in [3.63, 3.8) is 0 Å². The minimum Gasteiger partial charge on any atom is -0.481 e. The predicted octanol–water partition coefficient (Wildman–Crippen LogP) is 0.592. The van der Waals surface area contributed by atoms with Gasteiger partial charge in [-0.05, 0) is 18.1 Å². The topological polar surface area (TPSA) is 87.2 Å². The number of aliphatic carboxylic acids is 1. The van der Waals surface area contributed by atoms with Crippen LogP contribution in [-0.4, -0.2) is 66.0 Å². The average molecular weight is 332 g/mol. The lowest BCUT2D eigenvalue weighted by Crippen LogP contribution is -2.43. The average Bonchev–Trinajstić information content (AvgIpc) is 3.12. The summed E-state index contributed by atoms with van der Waals surface area (Å²) in [5.74, 6) is -1.33. The fourth-order valence-corrected chi connectivity index (χ4v) is 3.42. The first-order chi connectivity index (χ1) is 11.5. The molecule has 128 valence electrons. The molecule has 0 bridgehead atoms. The van der Waals surface area contributed by atoms with E-state index in [2.05, 4.69) is 0 Å². The van der Waals surface area contributed by atoms with Gasteiger partial charge in [-0.15, -0.1) is 0 Å². The summed E-state index contributed by atoms with van der Waals surface area (Å²) in [7, 11) is 1.45. The van der Waals surface area contributed by atoms with Gasteiger partial charge in [-0.2, -0.15) is 0 Å². The van der Waals surface area contributed by atoms with Gasteiger partial charge in [-0.25, -0.2) is 0 Å². The maximum atomic E-state index is 12.5. The Balaban J connectivity index is 1.65. The Bertz CT molecular complexity index is 689.